The molecular weight excluding hydrogens is 492 g/mol. The number of hydrogen-bond donors (Lipinski definition) is 0. The van der Waals surface area contributed by atoms with Gasteiger partial charge in [-0.1, -0.05) is 6.07 Å². The van der Waals surface area contributed by atoms with E-state index >= 15 is 0 Å². The third kappa shape index (κ3) is 4.99. The zero-order valence-corrected chi connectivity index (χ0v) is 18.9. The van der Waals surface area contributed by atoms with Crippen molar-refractivity contribution in [1.82, 2.24) is 14.5 Å². The highest BCUT2D eigenvalue weighted by Crippen LogP contribution is 2.32. The molecule has 4 aromatic rings. The van der Waals surface area contributed by atoms with Crippen LogP contribution in [-0.2, 0) is 25.7 Å². The molecule has 0 spiro atoms. The minimum atomic E-state index is -4.52. The van der Waals surface area contributed by atoms with Crippen LogP contribution in [0.15, 0.2) is 65.6 Å². The van der Waals surface area contributed by atoms with Crippen molar-refractivity contribution in [3.05, 3.63) is 99.3 Å². The van der Waals surface area contributed by atoms with Crippen molar-refractivity contribution in [2.45, 2.75) is 25.7 Å². The van der Waals surface area contributed by atoms with Crippen molar-refractivity contribution in [1.29, 1.82) is 5.26 Å². The van der Waals surface area contributed by atoms with Gasteiger partial charge in [0.05, 0.1) is 16.8 Å². The summed E-state index contributed by atoms with van der Waals surface area (Å²) in [5, 5.41) is 9.52. The summed E-state index contributed by atoms with van der Waals surface area (Å²) < 4.78 is 64.5. The average molecular weight is 508 g/mol. The summed E-state index contributed by atoms with van der Waals surface area (Å²) in [5.41, 5.74) is 1.34. The highest BCUT2D eigenvalue weighted by molar-refractivity contribution is 5.66. The van der Waals surface area contributed by atoms with Gasteiger partial charge in [0.25, 0.3) is 0 Å². The number of nitrogens with zero attached hydrogens (tertiary/aromatic N) is 4. The zero-order chi connectivity index (χ0) is 26.2. The number of nitriles is 1. The molecule has 0 saturated carbocycles. The maximum absolute atomic E-state index is 13.6. The highest BCUT2D eigenvalue weighted by atomic mass is 19.4. The Morgan fingerprint density at radius 2 is 1.89 bits per heavy atom. The molecule has 11 heteroatoms. The Morgan fingerprint density at radius 1 is 1.05 bits per heavy atom. The Labute approximate surface area is 207 Å². The van der Waals surface area contributed by atoms with Crippen LogP contribution in [0.25, 0.3) is 11.3 Å². The summed E-state index contributed by atoms with van der Waals surface area (Å²) in [5.74, 6) is -0.281. The molecule has 186 valence electrons. The maximum Gasteiger partial charge on any atom is 0.417 e. The molecule has 2 aromatic carbocycles. The normalized spacial score (nSPS) is 12.3. The summed E-state index contributed by atoms with van der Waals surface area (Å²) in [6, 6.07) is 14.4. The fourth-order valence-corrected chi connectivity index (χ4v) is 3.97. The van der Waals surface area contributed by atoms with Crippen LogP contribution in [0.4, 0.5) is 17.6 Å². The van der Waals surface area contributed by atoms with E-state index in [2.05, 4.69) is 9.97 Å². The molecule has 0 atom stereocenters. The number of ether oxygens (including phenoxy) is 2. The molecule has 37 heavy (non-hydrogen) atoms. The first kappa shape index (κ1) is 24.0. The Kier molecular flexibility index (Phi) is 6.09. The van der Waals surface area contributed by atoms with Crippen molar-refractivity contribution in [3.8, 4) is 34.8 Å². The third-order valence-electron chi connectivity index (χ3n) is 5.77. The van der Waals surface area contributed by atoms with Crippen molar-refractivity contribution in [2.24, 2.45) is 0 Å². The summed E-state index contributed by atoms with van der Waals surface area (Å²) in [7, 11) is 0. The van der Waals surface area contributed by atoms with Gasteiger partial charge >= 0.3 is 11.9 Å². The van der Waals surface area contributed by atoms with Gasteiger partial charge < -0.3 is 9.47 Å². The van der Waals surface area contributed by atoms with Gasteiger partial charge in [-0.2, -0.15) is 23.4 Å². The third-order valence-corrected chi connectivity index (χ3v) is 5.77. The molecule has 0 saturated heterocycles. The van der Waals surface area contributed by atoms with Crippen LogP contribution in [0, 0.1) is 17.1 Å². The molecular formula is C26H16F4N4O3. The van der Waals surface area contributed by atoms with Crippen LogP contribution in [-0.4, -0.2) is 14.5 Å². The Morgan fingerprint density at radius 3 is 2.62 bits per heavy atom. The molecule has 1 aliphatic heterocycles. The largest absolute Gasteiger partial charge is 0.473 e. The first-order chi connectivity index (χ1) is 17.7. The number of halogens is 4. The lowest BCUT2D eigenvalue weighted by atomic mass is 9.98. The molecule has 0 N–H and O–H groups in total. The molecule has 1 aliphatic rings. The number of alkyl halides is 3. The van der Waals surface area contributed by atoms with Crippen molar-refractivity contribution < 1.29 is 27.0 Å². The molecule has 3 heterocycles. The van der Waals surface area contributed by atoms with Gasteiger partial charge in [-0.15, -0.1) is 0 Å². The molecule has 7 nitrogen and oxygen atoms in total. The average Bonchev–Trinajstić information content (AvgIpc) is 2.87. The highest BCUT2D eigenvalue weighted by Gasteiger charge is 2.30. The van der Waals surface area contributed by atoms with Crippen LogP contribution in [0.2, 0.25) is 0 Å². The summed E-state index contributed by atoms with van der Waals surface area (Å²) >= 11 is 0. The smallest absolute Gasteiger partial charge is 0.417 e. The van der Waals surface area contributed by atoms with Crippen molar-refractivity contribution in [2.75, 3.05) is 0 Å². The van der Waals surface area contributed by atoms with Crippen LogP contribution in [0.3, 0.4) is 0 Å². The summed E-state index contributed by atoms with van der Waals surface area (Å²) in [4.78, 5) is 20.1. The van der Waals surface area contributed by atoms with Gasteiger partial charge in [-0.05, 0) is 53.9 Å². The van der Waals surface area contributed by atoms with E-state index in [4.69, 9.17) is 9.47 Å². The van der Waals surface area contributed by atoms with Crippen LogP contribution in [0.1, 0.15) is 22.3 Å². The van der Waals surface area contributed by atoms with E-state index < -0.39 is 17.4 Å². The summed E-state index contributed by atoms with van der Waals surface area (Å²) in [6.45, 7) is 0.346. The van der Waals surface area contributed by atoms with Crippen LogP contribution in [0.5, 0.6) is 17.5 Å². The predicted octanol–water partition coefficient (Wildman–Crippen LogP) is 5.26. The van der Waals surface area contributed by atoms with Gasteiger partial charge in [-0.3, -0.25) is 4.57 Å². The standard InChI is InChI=1S/C26H16F4N4O3/c27-19-3-4-20-16(10-19)7-8-34-21(20)11-24(33-25(34)35)36-14-15-1-5-22(17(9-15)12-31)37-23-6-2-18(13-32-23)26(28,29)30/h1-6,9-11,13H,7-8,14H2. The quantitative estimate of drug-likeness (QED) is 0.342. The molecule has 5 rings (SSSR count). The van der Waals surface area contributed by atoms with E-state index in [-0.39, 0.29) is 35.5 Å². The number of pyridine rings is 1. The molecule has 0 amide bonds. The molecule has 2 aromatic heterocycles. The SMILES string of the molecule is N#Cc1cc(COc2cc3n(c(=O)n2)CCc2cc(F)ccc2-3)ccc1Oc1ccc(C(F)(F)F)cn1. The van der Waals surface area contributed by atoms with Crippen LogP contribution < -0.4 is 15.2 Å². The second-order valence-corrected chi connectivity index (χ2v) is 8.18. The monoisotopic (exact) mass is 508 g/mol. The predicted molar refractivity (Wildman–Crippen MR) is 122 cm³/mol. The van der Waals surface area contributed by atoms with E-state index in [1.807, 2.05) is 6.07 Å². The molecule has 0 fully saturated rings. The van der Waals surface area contributed by atoms with E-state index in [0.29, 0.717) is 30.4 Å². The van der Waals surface area contributed by atoms with Gasteiger partial charge in [0.2, 0.25) is 11.8 Å². The number of aromatic nitrogens is 3. The lowest BCUT2D eigenvalue weighted by molar-refractivity contribution is -0.137. The summed E-state index contributed by atoms with van der Waals surface area (Å²) in [6.07, 6.45) is -3.37. The fourth-order valence-electron chi connectivity index (χ4n) is 3.97. The second kappa shape index (κ2) is 9.39. The Bertz CT molecular complexity index is 1590. The first-order valence-electron chi connectivity index (χ1n) is 11.0. The van der Waals surface area contributed by atoms with Gasteiger partial charge in [0, 0.05) is 30.4 Å². The first-order valence-corrected chi connectivity index (χ1v) is 11.0. The number of benzene rings is 2. The fraction of sp³-hybridized carbons (Fsp3) is 0.154. The lowest BCUT2D eigenvalue weighted by Gasteiger charge is -2.21. The zero-order valence-electron chi connectivity index (χ0n) is 18.9. The number of rotatable bonds is 5. The van der Waals surface area contributed by atoms with Crippen molar-refractivity contribution in [3.63, 3.8) is 0 Å². The minimum absolute atomic E-state index is 0.0281. The molecule has 0 bridgehead atoms. The number of aryl methyl sites for hydroxylation is 1. The van der Waals surface area contributed by atoms with Gasteiger partial charge in [0.1, 0.15) is 24.2 Å². The topological polar surface area (TPSA) is 90.0 Å². The van der Waals surface area contributed by atoms with E-state index in [1.165, 1.54) is 28.8 Å². The van der Waals surface area contributed by atoms with Crippen molar-refractivity contribution >= 4 is 0 Å². The van der Waals surface area contributed by atoms with Gasteiger partial charge in [0.15, 0.2) is 0 Å². The Hall–Kier alpha value is -4.72. The second-order valence-electron chi connectivity index (χ2n) is 8.18. The lowest BCUT2D eigenvalue weighted by Crippen LogP contribution is -2.28. The number of fused-ring (bicyclic) bond motifs is 3. The maximum atomic E-state index is 13.6. The Balaban J connectivity index is 1.33. The minimum Gasteiger partial charge on any atom is -0.473 e. The molecule has 0 aliphatic carbocycles. The van der Waals surface area contributed by atoms with E-state index in [1.54, 1.807) is 18.2 Å². The van der Waals surface area contributed by atoms with E-state index in [0.717, 1.165) is 23.3 Å². The number of hydrogen-bond acceptors (Lipinski definition) is 6. The molecule has 0 unspecified atom stereocenters. The van der Waals surface area contributed by atoms with Gasteiger partial charge in [-0.25, -0.2) is 14.2 Å². The van der Waals surface area contributed by atoms with E-state index in [9.17, 15) is 27.6 Å². The molecule has 0 radical (unpaired) electrons. The van der Waals surface area contributed by atoms with Crippen LogP contribution >= 0.6 is 0 Å².